The fourth-order valence-corrected chi connectivity index (χ4v) is 3.30. The van der Waals surface area contributed by atoms with Crippen LogP contribution in [-0.4, -0.2) is 35.1 Å². The third-order valence-corrected chi connectivity index (χ3v) is 5.27. The molecule has 0 unspecified atom stereocenters. The van der Waals surface area contributed by atoms with E-state index in [9.17, 15) is 9.59 Å². The van der Waals surface area contributed by atoms with Crippen LogP contribution in [0.2, 0.25) is 0 Å². The number of amides is 2. The lowest BCUT2D eigenvalue weighted by Gasteiger charge is -2.22. The molecule has 0 spiro atoms. The van der Waals surface area contributed by atoms with E-state index in [0.717, 1.165) is 11.1 Å². The fraction of sp³-hybridized carbons (Fsp3) is 0.483. The zero-order valence-electron chi connectivity index (χ0n) is 22.8. The van der Waals surface area contributed by atoms with Gasteiger partial charge in [-0.3, -0.25) is 0 Å². The minimum Gasteiger partial charge on any atom is -0.445 e. The molecule has 0 radical (unpaired) electrons. The van der Waals surface area contributed by atoms with Gasteiger partial charge in [-0.15, -0.1) is 0 Å². The van der Waals surface area contributed by atoms with Gasteiger partial charge >= 0.3 is 12.2 Å². The van der Waals surface area contributed by atoms with Gasteiger partial charge in [-0.2, -0.15) is 5.10 Å². The average Bonchev–Trinajstić information content (AvgIpc) is 2.72. The van der Waals surface area contributed by atoms with Gasteiger partial charge in [0.15, 0.2) is 0 Å². The Balaban J connectivity index is 2.67. The van der Waals surface area contributed by atoms with Crippen molar-refractivity contribution in [1.29, 1.82) is 0 Å². The first-order valence-electron chi connectivity index (χ1n) is 12.1. The Kier molecular flexibility index (Phi) is 8.88. The van der Waals surface area contributed by atoms with E-state index >= 15 is 0 Å². The molecule has 0 saturated carbocycles. The van der Waals surface area contributed by atoms with Gasteiger partial charge in [0.05, 0.1) is 17.9 Å². The van der Waals surface area contributed by atoms with Crippen LogP contribution in [0.5, 0.6) is 0 Å². The van der Waals surface area contributed by atoms with Gasteiger partial charge in [-0.1, -0.05) is 95.1 Å². The molecular formula is C29H40N2O4. The summed E-state index contributed by atoms with van der Waals surface area (Å²) >= 11 is 0. The quantitative estimate of drug-likeness (QED) is 0.330. The maximum Gasteiger partial charge on any atom is 0.440 e. The van der Waals surface area contributed by atoms with E-state index < -0.39 is 24.4 Å². The monoisotopic (exact) mass is 480 g/mol. The number of nitrogens with zero attached hydrogens (tertiary/aromatic N) is 2. The number of rotatable bonds is 5. The minimum absolute atomic E-state index is 0.0155. The summed E-state index contributed by atoms with van der Waals surface area (Å²) < 4.78 is 10.6. The van der Waals surface area contributed by atoms with Gasteiger partial charge in [0.25, 0.3) is 0 Å². The standard InChI is InChI=1S/C29H40N2O4/c1-19(2)34-26(32)31(27(33)35-20(3)4)30-25(21-11-15-23(16-12-21)28(5,6)7)22-13-17-24(18-14-22)29(8,9)10/h11-20H,1-10H3. The Bertz CT molecular complexity index is 957. The van der Waals surface area contributed by atoms with Crippen LogP contribution in [0.4, 0.5) is 9.59 Å². The molecule has 0 aliphatic heterocycles. The van der Waals surface area contributed by atoms with E-state index in [4.69, 9.17) is 9.47 Å². The number of benzene rings is 2. The molecule has 0 bridgehead atoms. The molecule has 0 aromatic heterocycles. The second-order valence-corrected chi connectivity index (χ2v) is 11.3. The molecule has 0 saturated heterocycles. The highest BCUT2D eigenvalue weighted by Gasteiger charge is 2.28. The number of hydrogen-bond acceptors (Lipinski definition) is 5. The van der Waals surface area contributed by atoms with Gasteiger partial charge < -0.3 is 9.47 Å². The van der Waals surface area contributed by atoms with Crippen molar-refractivity contribution in [3.63, 3.8) is 0 Å². The van der Waals surface area contributed by atoms with Gasteiger partial charge in [0, 0.05) is 11.1 Å². The summed E-state index contributed by atoms with van der Waals surface area (Å²) in [7, 11) is 0. The molecule has 0 aliphatic rings. The summed E-state index contributed by atoms with van der Waals surface area (Å²) in [6, 6.07) is 16.0. The van der Waals surface area contributed by atoms with Crippen LogP contribution >= 0.6 is 0 Å². The Hall–Kier alpha value is -3.15. The second-order valence-electron chi connectivity index (χ2n) is 11.3. The zero-order valence-corrected chi connectivity index (χ0v) is 22.8. The van der Waals surface area contributed by atoms with Crippen molar-refractivity contribution in [2.24, 2.45) is 5.10 Å². The van der Waals surface area contributed by atoms with Crippen molar-refractivity contribution in [2.75, 3.05) is 0 Å². The van der Waals surface area contributed by atoms with Crippen molar-refractivity contribution in [2.45, 2.75) is 92.3 Å². The summed E-state index contributed by atoms with van der Waals surface area (Å²) in [6.45, 7) is 19.7. The Morgan fingerprint density at radius 1 is 0.657 bits per heavy atom. The van der Waals surface area contributed by atoms with Gasteiger partial charge in [-0.25, -0.2) is 9.59 Å². The predicted octanol–water partition coefficient (Wildman–Crippen LogP) is 7.43. The summed E-state index contributed by atoms with van der Waals surface area (Å²) in [6.07, 6.45) is -2.62. The Labute approximate surface area is 210 Å². The van der Waals surface area contributed by atoms with Crippen LogP contribution in [0.3, 0.4) is 0 Å². The van der Waals surface area contributed by atoms with Crippen LogP contribution in [0.25, 0.3) is 0 Å². The third kappa shape index (κ3) is 7.94. The SMILES string of the molecule is CC(C)OC(=O)N(N=C(c1ccc(C(C)(C)C)cc1)c1ccc(C(C)(C)C)cc1)C(=O)OC(C)C. The lowest BCUT2D eigenvalue weighted by atomic mass is 9.85. The van der Waals surface area contributed by atoms with E-state index in [1.54, 1.807) is 27.7 Å². The number of hydrazone groups is 1. The Morgan fingerprint density at radius 3 is 1.23 bits per heavy atom. The fourth-order valence-electron chi connectivity index (χ4n) is 3.30. The average molecular weight is 481 g/mol. The summed E-state index contributed by atoms with van der Waals surface area (Å²) in [5.74, 6) is 0. The van der Waals surface area contributed by atoms with Gasteiger partial charge in [-0.05, 0) is 49.7 Å². The second kappa shape index (κ2) is 11.1. The predicted molar refractivity (Wildman–Crippen MR) is 141 cm³/mol. The molecule has 2 aromatic carbocycles. The summed E-state index contributed by atoms with van der Waals surface area (Å²) in [4.78, 5) is 25.7. The maximum atomic E-state index is 12.8. The molecule has 0 N–H and O–H groups in total. The molecule has 2 amide bonds. The van der Waals surface area contributed by atoms with Crippen molar-refractivity contribution >= 4 is 17.9 Å². The zero-order chi connectivity index (χ0) is 26.6. The highest BCUT2D eigenvalue weighted by atomic mass is 16.6. The molecule has 0 heterocycles. The van der Waals surface area contributed by atoms with Crippen LogP contribution in [0.15, 0.2) is 53.6 Å². The van der Waals surface area contributed by atoms with Gasteiger partial charge in [0.1, 0.15) is 0 Å². The lowest BCUT2D eigenvalue weighted by molar-refractivity contribution is 0.0517. The minimum atomic E-state index is -0.888. The molecule has 0 atom stereocenters. The molecule has 190 valence electrons. The largest absolute Gasteiger partial charge is 0.445 e. The Morgan fingerprint density at radius 2 is 0.971 bits per heavy atom. The topological polar surface area (TPSA) is 68.2 Å². The van der Waals surface area contributed by atoms with E-state index in [1.165, 1.54) is 11.1 Å². The van der Waals surface area contributed by atoms with E-state index in [1.807, 2.05) is 48.5 Å². The number of carbonyl (C=O) groups is 2. The number of carbonyl (C=O) groups excluding carboxylic acids is 2. The van der Waals surface area contributed by atoms with Gasteiger partial charge in [0.2, 0.25) is 0 Å². The highest BCUT2D eigenvalue weighted by Crippen LogP contribution is 2.26. The third-order valence-electron chi connectivity index (χ3n) is 5.27. The van der Waals surface area contributed by atoms with Crippen molar-refractivity contribution in [3.05, 3.63) is 70.8 Å². The van der Waals surface area contributed by atoms with E-state index in [2.05, 4.69) is 46.6 Å². The van der Waals surface area contributed by atoms with Crippen LogP contribution < -0.4 is 0 Å². The first-order chi connectivity index (χ1) is 16.1. The molecule has 6 heteroatoms. The van der Waals surface area contributed by atoms with Crippen LogP contribution in [-0.2, 0) is 20.3 Å². The number of imide groups is 1. The van der Waals surface area contributed by atoms with E-state index in [-0.39, 0.29) is 10.8 Å². The van der Waals surface area contributed by atoms with Crippen LogP contribution in [0, 0.1) is 0 Å². The summed E-state index contributed by atoms with van der Waals surface area (Å²) in [5, 5.41) is 5.18. The van der Waals surface area contributed by atoms with Crippen LogP contribution in [0.1, 0.15) is 91.5 Å². The molecular weight excluding hydrogens is 440 g/mol. The molecule has 2 rings (SSSR count). The molecule has 0 fully saturated rings. The number of ether oxygens (including phenoxy) is 2. The highest BCUT2D eigenvalue weighted by molar-refractivity contribution is 6.13. The first-order valence-corrected chi connectivity index (χ1v) is 12.1. The number of hydrogen-bond donors (Lipinski definition) is 0. The van der Waals surface area contributed by atoms with Crippen molar-refractivity contribution < 1.29 is 19.1 Å². The molecule has 0 aliphatic carbocycles. The molecule has 2 aromatic rings. The molecule has 6 nitrogen and oxygen atoms in total. The van der Waals surface area contributed by atoms with Crippen molar-refractivity contribution in [3.8, 4) is 0 Å². The normalized spacial score (nSPS) is 11.9. The molecule has 35 heavy (non-hydrogen) atoms. The smallest absolute Gasteiger partial charge is 0.440 e. The first kappa shape index (κ1) is 28.1. The van der Waals surface area contributed by atoms with E-state index in [0.29, 0.717) is 10.7 Å². The maximum absolute atomic E-state index is 12.8. The van der Waals surface area contributed by atoms with Crippen molar-refractivity contribution in [1.82, 2.24) is 5.01 Å². The lowest BCUT2D eigenvalue weighted by Crippen LogP contribution is -2.37. The summed E-state index contributed by atoms with van der Waals surface area (Å²) in [5.41, 5.74) is 4.30.